The highest BCUT2D eigenvalue weighted by molar-refractivity contribution is 5.98. The van der Waals surface area contributed by atoms with Gasteiger partial charge in [-0.05, 0) is 24.1 Å². The van der Waals surface area contributed by atoms with Crippen molar-refractivity contribution < 1.29 is 14.3 Å². The Balaban J connectivity index is 1.39. The van der Waals surface area contributed by atoms with E-state index in [0.29, 0.717) is 38.6 Å². The van der Waals surface area contributed by atoms with Gasteiger partial charge in [-0.2, -0.15) is 0 Å². The molecule has 1 aliphatic heterocycles. The van der Waals surface area contributed by atoms with Crippen molar-refractivity contribution >= 4 is 22.6 Å². The number of ether oxygens (including phenoxy) is 2. The second-order valence-electron chi connectivity index (χ2n) is 7.65. The largest absolute Gasteiger partial charge is 0.382 e. The number of H-pyrrole nitrogens is 1. The van der Waals surface area contributed by atoms with Gasteiger partial charge in [0.15, 0.2) is 0 Å². The first-order chi connectivity index (χ1) is 15.2. The van der Waals surface area contributed by atoms with E-state index in [9.17, 15) is 4.79 Å². The molecule has 0 saturated carbocycles. The third-order valence-corrected chi connectivity index (χ3v) is 5.63. The average molecular weight is 424 g/mol. The summed E-state index contributed by atoms with van der Waals surface area (Å²) in [6.45, 7) is 6.62. The number of carbonyl (C=O) groups excluding carboxylic acids is 1. The molecule has 164 valence electrons. The Morgan fingerprint density at radius 2 is 2.00 bits per heavy atom. The number of hydrogen-bond acceptors (Lipinski definition) is 6. The van der Waals surface area contributed by atoms with Crippen molar-refractivity contribution in [1.29, 1.82) is 0 Å². The van der Waals surface area contributed by atoms with Crippen molar-refractivity contribution in [2.24, 2.45) is 0 Å². The van der Waals surface area contributed by atoms with Crippen LogP contribution in [0.5, 0.6) is 0 Å². The van der Waals surface area contributed by atoms with Gasteiger partial charge in [-0.3, -0.25) is 4.79 Å². The lowest BCUT2D eigenvalue weighted by molar-refractivity contribution is 0.0617. The molecule has 0 atom stereocenters. The lowest BCUT2D eigenvalue weighted by Crippen LogP contribution is -2.49. The number of methoxy groups -OCH3 is 1. The second kappa shape index (κ2) is 9.89. The van der Waals surface area contributed by atoms with Gasteiger partial charge in [0.05, 0.1) is 19.8 Å². The molecule has 1 aromatic carbocycles. The topological polar surface area (TPSA) is 83.6 Å². The fourth-order valence-electron chi connectivity index (χ4n) is 3.89. The number of fused-ring (bicyclic) bond motifs is 1. The number of amides is 1. The van der Waals surface area contributed by atoms with Crippen LogP contribution in [0.3, 0.4) is 0 Å². The third kappa shape index (κ3) is 4.86. The lowest BCUT2D eigenvalue weighted by Gasteiger charge is -2.35. The lowest BCUT2D eigenvalue weighted by atomic mass is 10.2. The molecule has 4 rings (SSSR count). The molecule has 0 radical (unpaired) electrons. The van der Waals surface area contributed by atoms with Crippen LogP contribution in [0.15, 0.2) is 36.8 Å². The van der Waals surface area contributed by atoms with Gasteiger partial charge in [-0.25, -0.2) is 9.97 Å². The Bertz CT molecular complexity index is 1030. The Labute approximate surface area is 182 Å². The summed E-state index contributed by atoms with van der Waals surface area (Å²) in [7, 11) is 1.66. The summed E-state index contributed by atoms with van der Waals surface area (Å²) in [6, 6.07) is 8.03. The standard InChI is InChI=1S/C23H29N5O3/c1-3-18-14-24-16-25-22(18)27-6-8-28(9-7-27)23(29)21-13-19-5-4-17(12-20(19)26-21)15-31-11-10-30-2/h4-5,12-14,16,26H,3,6-11,15H2,1-2H3. The minimum atomic E-state index is 0.0344. The molecular weight excluding hydrogens is 394 g/mol. The van der Waals surface area contributed by atoms with Gasteiger partial charge < -0.3 is 24.3 Å². The van der Waals surface area contributed by atoms with E-state index in [1.165, 1.54) is 0 Å². The molecule has 0 spiro atoms. The summed E-state index contributed by atoms with van der Waals surface area (Å²) >= 11 is 0. The minimum absolute atomic E-state index is 0.0344. The number of carbonyl (C=O) groups is 1. The third-order valence-electron chi connectivity index (χ3n) is 5.63. The molecule has 3 heterocycles. The van der Waals surface area contributed by atoms with E-state index >= 15 is 0 Å². The zero-order valence-corrected chi connectivity index (χ0v) is 18.1. The maximum atomic E-state index is 13.1. The molecule has 8 heteroatoms. The van der Waals surface area contributed by atoms with Crippen molar-refractivity contribution in [2.75, 3.05) is 51.4 Å². The maximum absolute atomic E-state index is 13.1. The predicted octanol–water partition coefficient (Wildman–Crippen LogP) is 2.65. The summed E-state index contributed by atoms with van der Waals surface area (Å²) in [4.78, 5) is 29.1. The van der Waals surface area contributed by atoms with Gasteiger partial charge in [0, 0.05) is 56.0 Å². The van der Waals surface area contributed by atoms with Crippen LogP contribution in [-0.4, -0.2) is 72.3 Å². The molecule has 1 aliphatic rings. The van der Waals surface area contributed by atoms with Crippen LogP contribution < -0.4 is 4.90 Å². The molecule has 2 aromatic heterocycles. The average Bonchev–Trinajstić information content (AvgIpc) is 3.25. The van der Waals surface area contributed by atoms with Crippen LogP contribution in [0.25, 0.3) is 10.9 Å². The molecule has 3 aromatic rings. The van der Waals surface area contributed by atoms with Gasteiger partial charge in [-0.1, -0.05) is 19.1 Å². The molecule has 1 amide bonds. The zero-order chi connectivity index (χ0) is 21.6. The van der Waals surface area contributed by atoms with Crippen molar-refractivity contribution in [3.63, 3.8) is 0 Å². The first-order valence-corrected chi connectivity index (χ1v) is 10.7. The van der Waals surface area contributed by atoms with E-state index < -0.39 is 0 Å². The highest BCUT2D eigenvalue weighted by Gasteiger charge is 2.25. The van der Waals surface area contributed by atoms with Gasteiger partial charge in [0.2, 0.25) is 0 Å². The minimum Gasteiger partial charge on any atom is -0.382 e. The van der Waals surface area contributed by atoms with Crippen molar-refractivity contribution in [1.82, 2.24) is 19.9 Å². The number of anilines is 1. The number of nitrogens with zero attached hydrogens (tertiary/aromatic N) is 4. The van der Waals surface area contributed by atoms with Gasteiger partial charge in [0.25, 0.3) is 5.91 Å². The fraction of sp³-hybridized carbons (Fsp3) is 0.435. The molecular formula is C23H29N5O3. The highest BCUT2D eigenvalue weighted by Crippen LogP contribution is 2.21. The molecule has 31 heavy (non-hydrogen) atoms. The first kappa shape index (κ1) is 21.3. The summed E-state index contributed by atoms with van der Waals surface area (Å²) in [5, 5.41) is 1.02. The van der Waals surface area contributed by atoms with Crippen LogP contribution in [0.1, 0.15) is 28.5 Å². The van der Waals surface area contributed by atoms with Crippen molar-refractivity contribution in [3.05, 3.63) is 53.6 Å². The monoisotopic (exact) mass is 423 g/mol. The van der Waals surface area contributed by atoms with Crippen LogP contribution in [-0.2, 0) is 22.5 Å². The number of rotatable bonds is 8. The number of hydrogen-bond donors (Lipinski definition) is 1. The summed E-state index contributed by atoms with van der Waals surface area (Å²) in [6.07, 6.45) is 4.36. The Morgan fingerprint density at radius 1 is 1.16 bits per heavy atom. The number of benzene rings is 1. The summed E-state index contributed by atoms with van der Waals surface area (Å²) in [5.74, 6) is 1.02. The molecule has 0 bridgehead atoms. The Hall–Kier alpha value is -2.97. The fourth-order valence-corrected chi connectivity index (χ4v) is 3.89. The smallest absolute Gasteiger partial charge is 0.270 e. The van der Waals surface area contributed by atoms with Crippen molar-refractivity contribution in [3.8, 4) is 0 Å². The highest BCUT2D eigenvalue weighted by atomic mass is 16.5. The quantitative estimate of drug-likeness (QED) is 0.561. The van der Waals surface area contributed by atoms with Gasteiger partial charge in [0.1, 0.15) is 17.8 Å². The normalized spacial score (nSPS) is 14.4. The molecule has 1 N–H and O–H groups in total. The van der Waals surface area contributed by atoms with Crippen LogP contribution >= 0.6 is 0 Å². The van der Waals surface area contributed by atoms with Crippen LogP contribution in [0.4, 0.5) is 5.82 Å². The molecule has 1 fully saturated rings. The van der Waals surface area contributed by atoms with Crippen LogP contribution in [0, 0.1) is 0 Å². The predicted molar refractivity (Wildman–Crippen MR) is 119 cm³/mol. The Kier molecular flexibility index (Phi) is 6.79. The number of nitrogens with one attached hydrogen (secondary N) is 1. The molecule has 0 unspecified atom stereocenters. The first-order valence-electron chi connectivity index (χ1n) is 10.7. The number of piperazine rings is 1. The van der Waals surface area contributed by atoms with Gasteiger partial charge in [-0.15, -0.1) is 0 Å². The van der Waals surface area contributed by atoms with E-state index in [1.54, 1.807) is 13.4 Å². The molecule has 0 aliphatic carbocycles. The number of aromatic nitrogens is 3. The number of aryl methyl sites for hydroxylation is 1. The van der Waals surface area contributed by atoms with E-state index in [1.807, 2.05) is 35.4 Å². The van der Waals surface area contributed by atoms with Crippen LogP contribution in [0.2, 0.25) is 0 Å². The Morgan fingerprint density at radius 3 is 2.77 bits per heavy atom. The maximum Gasteiger partial charge on any atom is 0.270 e. The van der Waals surface area contributed by atoms with E-state index in [2.05, 4.69) is 26.8 Å². The zero-order valence-electron chi connectivity index (χ0n) is 18.1. The van der Waals surface area contributed by atoms with Gasteiger partial charge >= 0.3 is 0 Å². The summed E-state index contributed by atoms with van der Waals surface area (Å²) in [5.41, 5.74) is 3.77. The molecule has 1 saturated heterocycles. The SMILES string of the molecule is CCc1cncnc1N1CCN(C(=O)c2cc3ccc(COCCOC)cc3[nH]2)CC1. The van der Waals surface area contributed by atoms with E-state index in [-0.39, 0.29) is 5.91 Å². The second-order valence-corrected chi connectivity index (χ2v) is 7.65. The number of aromatic amines is 1. The van der Waals surface area contributed by atoms with E-state index in [0.717, 1.165) is 47.4 Å². The molecule has 8 nitrogen and oxygen atoms in total. The van der Waals surface area contributed by atoms with E-state index in [4.69, 9.17) is 9.47 Å². The van der Waals surface area contributed by atoms with Crippen molar-refractivity contribution in [2.45, 2.75) is 20.0 Å². The summed E-state index contributed by atoms with van der Waals surface area (Å²) < 4.78 is 10.6.